The molecule has 63 heavy (non-hydrogen) atoms. The number of phosphoric ester groups is 2. The summed E-state index contributed by atoms with van der Waals surface area (Å²) in [5.41, 5.74) is -3.12. The second kappa shape index (κ2) is 21.9. The van der Waals surface area contributed by atoms with Gasteiger partial charge in [0.1, 0.15) is 40.0 Å². The maximum atomic E-state index is 13.4. The summed E-state index contributed by atoms with van der Waals surface area (Å²) in [4.78, 5) is 1.09. The fourth-order valence-electron chi connectivity index (χ4n) is 9.03. The van der Waals surface area contributed by atoms with Crippen molar-refractivity contribution in [2.75, 3.05) is 0 Å². The first-order chi connectivity index (χ1) is 29.4. The van der Waals surface area contributed by atoms with Crippen molar-refractivity contribution in [1.82, 2.24) is 0 Å². The normalized spacial score (nSPS) is 36.9. The molecule has 1 aromatic carbocycles. The van der Waals surface area contributed by atoms with Crippen LogP contribution in [0.25, 0.3) is 0 Å². The lowest BCUT2D eigenvalue weighted by Gasteiger charge is -2.45. The van der Waals surface area contributed by atoms with Gasteiger partial charge in [-0.3, -0.25) is 27.1 Å². The van der Waals surface area contributed by atoms with Gasteiger partial charge in [0.2, 0.25) is 0 Å². The average Bonchev–Trinajstić information content (AvgIpc) is 3.50. The molecule has 12 nitrogen and oxygen atoms in total. The molecule has 0 spiro atoms. The summed E-state index contributed by atoms with van der Waals surface area (Å²) in [7, 11) is -7.43. The lowest BCUT2D eigenvalue weighted by atomic mass is 9.82. The minimum absolute atomic E-state index is 0.0359. The Hall–Kier alpha value is -0.370. The van der Waals surface area contributed by atoms with Gasteiger partial charge in [-0.1, -0.05) is 110 Å². The molecular formula is C48H84O12P2S. The van der Waals surface area contributed by atoms with Gasteiger partial charge in [-0.2, -0.15) is 0 Å². The number of thioether (sulfide) groups is 1. The van der Waals surface area contributed by atoms with Crippen molar-refractivity contribution in [3.8, 4) is 0 Å². The number of rotatable bonds is 10. The highest BCUT2D eigenvalue weighted by atomic mass is 32.2. The zero-order valence-corrected chi connectivity index (χ0v) is 43.6. The molecule has 10 unspecified atom stereocenters. The van der Waals surface area contributed by atoms with Crippen LogP contribution in [0.3, 0.4) is 0 Å². The van der Waals surface area contributed by atoms with Crippen LogP contribution in [-0.2, 0) is 50.5 Å². The average molecular weight is 947 g/mol. The van der Waals surface area contributed by atoms with Crippen molar-refractivity contribution in [3.63, 3.8) is 0 Å². The SMILES string of the molecule is CCC1OC(OC2CCCCC2)C(OP2(=O)OC(C)(C)C(C)(C)O2)C(C)C1C.CCC1OC(Sc2ccccc2)C(OP2(=O)OC(C)(C)C(C)(C)O2)C(C)C1C.OC1CCCCC1. The van der Waals surface area contributed by atoms with Crippen LogP contribution in [-0.4, -0.2) is 75.9 Å². The molecule has 1 aromatic rings. The van der Waals surface area contributed by atoms with Gasteiger partial charge in [0.15, 0.2) is 6.29 Å². The lowest BCUT2D eigenvalue weighted by Crippen LogP contribution is -2.52. The summed E-state index contributed by atoms with van der Waals surface area (Å²) in [5.74, 6) is 0.788. The van der Waals surface area contributed by atoms with E-state index in [0.717, 1.165) is 43.4 Å². The minimum Gasteiger partial charge on any atom is -0.393 e. The maximum Gasteiger partial charge on any atom is 0.476 e. The first kappa shape index (κ1) is 53.6. The van der Waals surface area contributed by atoms with E-state index in [-0.39, 0.29) is 53.5 Å². The van der Waals surface area contributed by atoms with Gasteiger partial charge in [0.25, 0.3) is 0 Å². The van der Waals surface area contributed by atoms with Gasteiger partial charge in [-0.05, 0) is 130 Å². The summed E-state index contributed by atoms with van der Waals surface area (Å²) in [6, 6.07) is 10.1. The number of benzene rings is 1. The molecule has 0 radical (unpaired) electrons. The van der Waals surface area contributed by atoms with Crippen LogP contribution in [0.15, 0.2) is 35.2 Å². The molecular weight excluding hydrogens is 863 g/mol. The molecule has 2 saturated carbocycles. The van der Waals surface area contributed by atoms with Crippen molar-refractivity contribution >= 4 is 27.4 Å². The molecule has 0 aromatic heterocycles. The first-order valence-electron chi connectivity index (χ1n) is 24.1. The Bertz CT molecular complexity index is 1630. The highest BCUT2D eigenvalue weighted by Gasteiger charge is 2.60. The monoisotopic (exact) mass is 947 g/mol. The summed E-state index contributed by atoms with van der Waals surface area (Å²) in [6.45, 7) is 27.9. The third-order valence-electron chi connectivity index (χ3n) is 15.0. The van der Waals surface area contributed by atoms with Gasteiger partial charge < -0.3 is 19.3 Å². The molecule has 10 atom stereocenters. The van der Waals surface area contributed by atoms with E-state index in [2.05, 4.69) is 41.5 Å². The van der Waals surface area contributed by atoms with E-state index in [9.17, 15) is 9.13 Å². The highest BCUT2D eigenvalue weighted by molar-refractivity contribution is 7.99. The van der Waals surface area contributed by atoms with Gasteiger partial charge in [0, 0.05) is 4.90 Å². The molecule has 4 aliphatic heterocycles. The Kier molecular flexibility index (Phi) is 18.7. The Balaban J connectivity index is 0.000000205. The van der Waals surface area contributed by atoms with Crippen molar-refractivity contribution in [1.29, 1.82) is 0 Å². The van der Waals surface area contributed by atoms with Crippen LogP contribution in [0, 0.1) is 23.7 Å². The molecule has 6 aliphatic rings. The quantitative estimate of drug-likeness (QED) is 0.223. The Labute approximate surface area is 385 Å². The van der Waals surface area contributed by atoms with Crippen molar-refractivity contribution in [3.05, 3.63) is 30.3 Å². The first-order valence-corrected chi connectivity index (χ1v) is 27.9. The van der Waals surface area contributed by atoms with Gasteiger partial charge in [-0.25, -0.2) is 9.13 Å². The number of aliphatic hydroxyl groups excluding tert-OH is 1. The second-order valence-electron chi connectivity index (χ2n) is 20.9. The number of phosphoric acid groups is 2. The van der Waals surface area contributed by atoms with E-state index >= 15 is 0 Å². The third kappa shape index (κ3) is 13.5. The van der Waals surface area contributed by atoms with Crippen molar-refractivity contribution in [2.24, 2.45) is 23.7 Å². The standard InChI is InChI=1S/C21H39O6P.C21H33O5PS.C6H12O/c1-8-17-14(2)15(3)18(19(24-17)23-16-12-10-9-11-13-16)25-28(22)26-20(4,5)21(6,7)27-28;1-8-17-14(2)15(3)18(19(23-17)28-16-12-10-9-11-13-16)24-27(22)25-20(4,5)21(6,7)26-27;7-6-4-2-1-3-5-6/h14-19H,8-13H2,1-7H3;9-15,17-19H,8H2,1-7H3;6-7H,1-5H2. The number of aliphatic hydroxyl groups is 1. The number of hydrogen-bond acceptors (Lipinski definition) is 13. The molecule has 2 aliphatic carbocycles. The van der Waals surface area contributed by atoms with Crippen LogP contribution in [0.1, 0.15) is 174 Å². The highest BCUT2D eigenvalue weighted by Crippen LogP contribution is 2.67. The second-order valence-corrected chi connectivity index (χ2v) is 25.0. The van der Waals surface area contributed by atoms with E-state index < -0.39 is 56.5 Å². The summed E-state index contributed by atoms with van der Waals surface area (Å²) in [5, 5.41) is 8.91. The minimum atomic E-state index is -3.72. The Morgan fingerprint density at radius 2 is 1.02 bits per heavy atom. The van der Waals surface area contributed by atoms with Crippen molar-refractivity contribution < 1.29 is 55.6 Å². The van der Waals surface area contributed by atoms with E-state index in [4.69, 9.17) is 46.5 Å². The molecule has 0 bridgehead atoms. The number of hydrogen-bond donors (Lipinski definition) is 1. The smallest absolute Gasteiger partial charge is 0.393 e. The van der Waals surface area contributed by atoms with Gasteiger partial charge in [0.05, 0.1) is 24.4 Å². The maximum absolute atomic E-state index is 13.4. The van der Waals surface area contributed by atoms with E-state index in [0.29, 0.717) is 0 Å². The van der Waals surface area contributed by atoms with Crippen LogP contribution in [0.4, 0.5) is 0 Å². The zero-order chi connectivity index (χ0) is 46.6. The molecule has 6 fully saturated rings. The molecule has 4 heterocycles. The van der Waals surface area contributed by atoms with Crippen LogP contribution in [0.5, 0.6) is 0 Å². The number of ether oxygens (including phenoxy) is 3. The Morgan fingerprint density at radius 3 is 1.44 bits per heavy atom. The third-order valence-corrected chi connectivity index (χ3v) is 19.9. The van der Waals surface area contributed by atoms with Crippen LogP contribution >= 0.6 is 27.4 Å². The molecule has 4 saturated heterocycles. The zero-order valence-electron chi connectivity index (χ0n) is 41.0. The van der Waals surface area contributed by atoms with E-state index in [1.54, 1.807) is 11.8 Å². The van der Waals surface area contributed by atoms with E-state index in [1.807, 2.05) is 85.7 Å². The summed E-state index contributed by atoms with van der Waals surface area (Å²) < 4.78 is 81.4. The molecule has 1 N–H and O–H groups in total. The van der Waals surface area contributed by atoms with Crippen molar-refractivity contribution in [2.45, 2.75) is 250 Å². The van der Waals surface area contributed by atoms with E-state index in [1.165, 1.54) is 38.5 Å². The molecule has 0 amide bonds. The topological polar surface area (TPSA) is 137 Å². The molecule has 364 valence electrons. The molecule has 7 rings (SSSR count). The lowest BCUT2D eigenvalue weighted by molar-refractivity contribution is -0.282. The predicted molar refractivity (Wildman–Crippen MR) is 250 cm³/mol. The van der Waals surface area contributed by atoms with Crippen LogP contribution < -0.4 is 0 Å². The van der Waals surface area contributed by atoms with Crippen LogP contribution in [0.2, 0.25) is 0 Å². The fraction of sp³-hybridized carbons (Fsp3) is 0.875. The largest absolute Gasteiger partial charge is 0.476 e. The van der Waals surface area contributed by atoms with Gasteiger partial charge in [-0.15, -0.1) is 0 Å². The summed E-state index contributed by atoms with van der Waals surface area (Å²) >= 11 is 1.60. The summed E-state index contributed by atoms with van der Waals surface area (Å²) in [6.07, 6.45) is 12.4. The Morgan fingerprint density at radius 1 is 0.603 bits per heavy atom. The molecule has 15 heteroatoms. The fourth-order valence-corrected chi connectivity index (χ4v) is 14.9. The predicted octanol–water partition coefficient (Wildman–Crippen LogP) is 13.4. The van der Waals surface area contributed by atoms with Gasteiger partial charge >= 0.3 is 15.6 Å².